The SMILES string of the molecule is COc1ccc([C@@H](CN=Cc2cccc(OC)c2O)N(C)C)cc1. The van der Waals surface area contributed by atoms with E-state index in [1.807, 2.05) is 44.4 Å². The van der Waals surface area contributed by atoms with Crippen LogP contribution in [0.3, 0.4) is 0 Å². The molecule has 0 bridgehead atoms. The molecule has 0 aliphatic heterocycles. The van der Waals surface area contributed by atoms with Crippen LogP contribution < -0.4 is 9.47 Å². The second-order valence-electron chi connectivity index (χ2n) is 5.64. The highest BCUT2D eigenvalue weighted by Crippen LogP contribution is 2.28. The van der Waals surface area contributed by atoms with Crippen LogP contribution in [0.15, 0.2) is 47.5 Å². The lowest BCUT2D eigenvalue weighted by atomic mass is 10.1. The number of hydrogen-bond donors (Lipinski definition) is 1. The van der Waals surface area contributed by atoms with Crippen molar-refractivity contribution in [3.63, 3.8) is 0 Å². The molecule has 0 heterocycles. The molecular weight excluding hydrogens is 304 g/mol. The number of para-hydroxylation sites is 1. The lowest BCUT2D eigenvalue weighted by Crippen LogP contribution is -2.22. The predicted octanol–water partition coefficient (Wildman–Crippen LogP) is 3.13. The lowest BCUT2D eigenvalue weighted by molar-refractivity contribution is 0.306. The van der Waals surface area contributed by atoms with Crippen molar-refractivity contribution in [1.29, 1.82) is 0 Å². The van der Waals surface area contributed by atoms with Gasteiger partial charge in [-0.3, -0.25) is 4.99 Å². The number of aromatic hydroxyl groups is 1. The van der Waals surface area contributed by atoms with Crippen LogP contribution in [-0.2, 0) is 0 Å². The van der Waals surface area contributed by atoms with Crippen LogP contribution in [0.25, 0.3) is 0 Å². The summed E-state index contributed by atoms with van der Waals surface area (Å²) in [7, 11) is 7.23. The molecule has 0 saturated heterocycles. The summed E-state index contributed by atoms with van der Waals surface area (Å²) in [6.07, 6.45) is 1.68. The van der Waals surface area contributed by atoms with E-state index in [4.69, 9.17) is 9.47 Å². The monoisotopic (exact) mass is 328 g/mol. The smallest absolute Gasteiger partial charge is 0.166 e. The van der Waals surface area contributed by atoms with E-state index in [0.29, 0.717) is 17.9 Å². The van der Waals surface area contributed by atoms with Crippen LogP contribution in [0.4, 0.5) is 0 Å². The summed E-state index contributed by atoms with van der Waals surface area (Å²) in [5.74, 6) is 1.38. The van der Waals surface area contributed by atoms with Gasteiger partial charge < -0.3 is 19.5 Å². The molecule has 0 saturated carbocycles. The Kier molecular flexibility index (Phi) is 6.21. The highest BCUT2D eigenvalue weighted by molar-refractivity contribution is 5.84. The summed E-state index contributed by atoms with van der Waals surface area (Å²) >= 11 is 0. The minimum atomic E-state index is 0.106. The van der Waals surface area contributed by atoms with Gasteiger partial charge >= 0.3 is 0 Å². The van der Waals surface area contributed by atoms with Crippen LogP contribution in [0.1, 0.15) is 17.2 Å². The quantitative estimate of drug-likeness (QED) is 0.794. The fourth-order valence-corrected chi connectivity index (χ4v) is 2.45. The van der Waals surface area contributed by atoms with E-state index in [1.165, 1.54) is 7.11 Å². The van der Waals surface area contributed by atoms with E-state index in [1.54, 1.807) is 25.5 Å². The number of methoxy groups -OCH3 is 2. The fourth-order valence-electron chi connectivity index (χ4n) is 2.45. The molecule has 0 amide bonds. The molecule has 5 heteroatoms. The Morgan fingerprint density at radius 3 is 2.38 bits per heavy atom. The van der Waals surface area contributed by atoms with Gasteiger partial charge in [-0.2, -0.15) is 0 Å². The van der Waals surface area contributed by atoms with Crippen molar-refractivity contribution >= 4 is 6.21 Å². The summed E-state index contributed by atoms with van der Waals surface area (Å²) in [6, 6.07) is 13.5. The summed E-state index contributed by atoms with van der Waals surface area (Å²) in [6.45, 7) is 0.579. The summed E-state index contributed by atoms with van der Waals surface area (Å²) in [4.78, 5) is 6.62. The Labute approximate surface area is 143 Å². The van der Waals surface area contributed by atoms with Gasteiger partial charge in [-0.15, -0.1) is 0 Å². The van der Waals surface area contributed by atoms with Crippen LogP contribution in [0.2, 0.25) is 0 Å². The topological polar surface area (TPSA) is 54.3 Å². The minimum Gasteiger partial charge on any atom is -0.504 e. The van der Waals surface area contributed by atoms with Crippen molar-refractivity contribution in [2.24, 2.45) is 4.99 Å². The summed E-state index contributed by atoms with van der Waals surface area (Å²) in [5, 5.41) is 10.1. The van der Waals surface area contributed by atoms with Gasteiger partial charge in [0.25, 0.3) is 0 Å². The Balaban J connectivity index is 2.14. The lowest BCUT2D eigenvalue weighted by Gasteiger charge is -2.23. The molecule has 0 fully saturated rings. The zero-order chi connectivity index (χ0) is 17.5. The van der Waals surface area contributed by atoms with Crippen LogP contribution in [0, 0.1) is 0 Å². The standard InChI is InChI=1S/C19H24N2O3/c1-21(2)17(14-8-10-16(23-3)11-9-14)13-20-12-15-6-5-7-18(24-4)19(15)22/h5-12,17,22H,13H2,1-4H3/t17-/m1/s1. The third-order valence-electron chi connectivity index (χ3n) is 3.88. The Morgan fingerprint density at radius 1 is 1.08 bits per heavy atom. The maximum atomic E-state index is 10.1. The fraction of sp³-hybridized carbons (Fsp3) is 0.316. The van der Waals surface area contributed by atoms with Crippen molar-refractivity contribution in [2.75, 3.05) is 34.9 Å². The average molecular weight is 328 g/mol. The summed E-state index contributed by atoms with van der Waals surface area (Å²) < 4.78 is 10.3. The first-order chi connectivity index (χ1) is 11.6. The van der Waals surface area contributed by atoms with E-state index < -0.39 is 0 Å². The van der Waals surface area contributed by atoms with Crippen LogP contribution >= 0.6 is 0 Å². The van der Waals surface area contributed by atoms with E-state index in [0.717, 1.165) is 11.3 Å². The molecule has 0 spiro atoms. The van der Waals surface area contributed by atoms with Gasteiger partial charge in [-0.25, -0.2) is 0 Å². The van der Waals surface area contributed by atoms with Gasteiger partial charge in [0.2, 0.25) is 0 Å². The average Bonchev–Trinajstić information content (AvgIpc) is 2.60. The number of phenolic OH excluding ortho intramolecular Hbond substituents is 1. The Morgan fingerprint density at radius 2 is 1.79 bits per heavy atom. The van der Waals surface area contributed by atoms with Gasteiger partial charge in [0.1, 0.15) is 5.75 Å². The highest BCUT2D eigenvalue weighted by atomic mass is 16.5. The van der Waals surface area contributed by atoms with E-state index in [9.17, 15) is 5.11 Å². The molecule has 24 heavy (non-hydrogen) atoms. The zero-order valence-corrected chi connectivity index (χ0v) is 14.6. The largest absolute Gasteiger partial charge is 0.504 e. The normalized spacial score (nSPS) is 12.5. The molecule has 0 aromatic heterocycles. The number of rotatable bonds is 7. The molecule has 0 aliphatic rings. The van der Waals surface area contributed by atoms with Gasteiger partial charge in [-0.05, 0) is 43.9 Å². The molecule has 0 aliphatic carbocycles. The van der Waals surface area contributed by atoms with Crippen LogP contribution in [0.5, 0.6) is 17.2 Å². The zero-order valence-electron chi connectivity index (χ0n) is 14.6. The van der Waals surface area contributed by atoms with Crippen molar-refractivity contribution in [1.82, 2.24) is 4.90 Å². The number of aliphatic imine (C=N–C) groups is 1. The van der Waals surface area contributed by atoms with Gasteiger partial charge in [0.15, 0.2) is 11.5 Å². The van der Waals surface area contributed by atoms with E-state index in [2.05, 4.69) is 9.89 Å². The number of ether oxygens (including phenoxy) is 2. The number of nitrogens with zero attached hydrogens (tertiary/aromatic N) is 2. The number of likely N-dealkylation sites (N-methyl/N-ethyl adjacent to an activating group) is 1. The molecule has 0 radical (unpaired) electrons. The predicted molar refractivity (Wildman–Crippen MR) is 96.5 cm³/mol. The molecule has 2 aromatic rings. The van der Waals surface area contributed by atoms with Crippen molar-refractivity contribution in [2.45, 2.75) is 6.04 Å². The Bertz CT molecular complexity index is 682. The molecule has 2 aromatic carbocycles. The first kappa shape index (κ1) is 17.8. The third-order valence-corrected chi connectivity index (χ3v) is 3.88. The molecule has 5 nitrogen and oxygen atoms in total. The third kappa shape index (κ3) is 4.26. The maximum absolute atomic E-state index is 10.1. The molecular formula is C19H24N2O3. The van der Waals surface area contributed by atoms with Gasteiger partial charge in [0.05, 0.1) is 26.8 Å². The van der Waals surface area contributed by atoms with Crippen LogP contribution in [-0.4, -0.2) is 51.1 Å². The molecule has 2 rings (SSSR count). The number of benzene rings is 2. The first-order valence-corrected chi connectivity index (χ1v) is 7.73. The molecule has 0 unspecified atom stereocenters. The minimum absolute atomic E-state index is 0.106. The van der Waals surface area contributed by atoms with Gasteiger partial charge in [-0.1, -0.05) is 18.2 Å². The van der Waals surface area contributed by atoms with Crippen molar-refractivity contribution in [3.05, 3.63) is 53.6 Å². The van der Waals surface area contributed by atoms with Gasteiger partial charge in [0, 0.05) is 11.8 Å². The number of phenols is 1. The molecule has 128 valence electrons. The first-order valence-electron chi connectivity index (χ1n) is 7.73. The highest BCUT2D eigenvalue weighted by Gasteiger charge is 2.13. The van der Waals surface area contributed by atoms with Crippen molar-refractivity contribution < 1.29 is 14.6 Å². The van der Waals surface area contributed by atoms with Crippen molar-refractivity contribution in [3.8, 4) is 17.2 Å². The summed E-state index contributed by atoms with van der Waals surface area (Å²) in [5.41, 5.74) is 1.80. The molecule has 1 N–H and O–H groups in total. The second-order valence-corrected chi connectivity index (χ2v) is 5.64. The maximum Gasteiger partial charge on any atom is 0.166 e. The second kappa shape index (κ2) is 8.36. The number of hydrogen-bond acceptors (Lipinski definition) is 5. The van der Waals surface area contributed by atoms with E-state index >= 15 is 0 Å². The Hall–Kier alpha value is -2.53. The van der Waals surface area contributed by atoms with E-state index in [-0.39, 0.29) is 11.8 Å². The molecule has 1 atom stereocenters.